The number of carbonyl (C=O) groups excluding carboxylic acids is 1. The Bertz CT molecular complexity index is 639. The average molecular weight is 309 g/mol. The highest BCUT2D eigenvalue weighted by molar-refractivity contribution is 5.91. The van der Waals surface area contributed by atoms with Crippen LogP contribution in [0.5, 0.6) is 0 Å². The van der Waals surface area contributed by atoms with Crippen molar-refractivity contribution in [3.63, 3.8) is 0 Å². The molecule has 0 amide bonds. The van der Waals surface area contributed by atoms with Gasteiger partial charge in [-0.05, 0) is 86.2 Å². The van der Waals surface area contributed by atoms with E-state index in [0.29, 0.717) is 29.5 Å². The van der Waals surface area contributed by atoms with Gasteiger partial charge in [0.25, 0.3) is 0 Å². The monoisotopic (exact) mass is 309 g/mol. The van der Waals surface area contributed by atoms with Crippen molar-refractivity contribution in [1.29, 1.82) is 5.26 Å². The second-order valence-electron chi connectivity index (χ2n) is 8.49. The minimum absolute atomic E-state index is 0.149. The molecule has 2 heteroatoms. The molecule has 4 aliphatic rings. The fraction of sp³-hybridized carbons (Fsp3) is 0.714. The fourth-order valence-corrected chi connectivity index (χ4v) is 6.74. The Labute approximate surface area is 139 Å². The first kappa shape index (κ1) is 15.2. The maximum absolute atomic E-state index is 11.7. The van der Waals surface area contributed by atoms with Crippen LogP contribution in [0.4, 0.5) is 0 Å². The van der Waals surface area contributed by atoms with Crippen molar-refractivity contribution in [3.05, 3.63) is 23.8 Å². The Kier molecular flexibility index (Phi) is 3.34. The van der Waals surface area contributed by atoms with Crippen molar-refractivity contribution in [3.8, 4) is 6.07 Å². The van der Waals surface area contributed by atoms with E-state index in [1.807, 2.05) is 6.08 Å². The highest BCUT2D eigenvalue weighted by Gasteiger charge is 2.62. The molecule has 122 valence electrons. The van der Waals surface area contributed by atoms with Gasteiger partial charge in [-0.15, -0.1) is 0 Å². The zero-order valence-corrected chi connectivity index (χ0v) is 14.3. The van der Waals surface area contributed by atoms with Crippen LogP contribution in [0.1, 0.15) is 58.8 Å². The second kappa shape index (κ2) is 5.07. The normalized spacial score (nSPS) is 48.0. The van der Waals surface area contributed by atoms with Crippen LogP contribution in [-0.2, 0) is 4.79 Å². The summed E-state index contributed by atoms with van der Waals surface area (Å²) in [6.45, 7) is 4.51. The van der Waals surface area contributed by atoms with Gasteiger partial charge in [0.2, 0.25) is 0 Å². The smallest absolute Gasteiger partial charge is 0.155 e. The third-order valence-electron chi connectivity index (χ3n) is 8.01. The molecule has 0 aromatic rings. The number of fused-ring (bicyclic) bond motifs is 5. The molecule has 0 aromatic heterocycles. The molecular weight excluding hydrogens is 282 g/mol. The third-order valence-corrected chi connectivity index (χ3v) is 8.01. The zero-order valence-electron chi connectivity index (χ0n) is 14.3. The molecule has 23 heavy (non-hydrogen) atoms. The maximum Gasteiger partial charge on any atom is 0.155 e. The van der Waals surface area contributed by atoms with Crippen molar-refractivity contribution >= 4 is 5.78 Å². The lowest BCUT2D eigenvalue weighted by molar-refractivity contribution is -0.115. The van der Waals surface area contributed by atoms with E-state index in [4.69, 9.17) is 0 Å². The molecule has 0 N–H and O–H groups in total. The minimum atomic E-state index is -0.149. The van der Waals surface area contributed by atoms with Gasteiger partial charge in [-0.3, -0.25) is 4.79 Å². The van der Waals surface area contributed by atoms with Crippen LogP contribution in [0, 0.1) is 45.8 Å². The van der Waals surface area contributed by atoms with Crippen LogP contribution in [-0.4, -0.2) is 5.78 Å². The lowest BCUT2D eigenvalue weighted by Gasteiger charge is -2.54. The van der Waals surface area contributed by atoms with Crippen molar-refractivity contribution in [2.75, 3.05) is 0 Å². The summed E-state index contributed by atoms with van der Waals surface area (Å²) in [5.74, 6) is 2.87. The van der Waals surface area contributed by atoms with E-state index in [9.17, 15) is 10.1 Å². The molecule has 4 rings (SSSR count). The van der Waals surface area contributed by atoms with Gasteiger partial charge in [-0.1, -0.05) is 19.1 Å². The van der Waals surface area contributed by atoms with E-state index in [0.717, 1.165) is 25.7 Å². The van der Waals surface area contributed by atoms with E-state index in [1.54, 1.807) is 0 Å². The highest BCUT2D eigenvalue weighted by Crippen LogP contribution is 2.68. The minimum Gasteiger partial charge on any atom is -0.295 e. The van der Waals surface area contributed by atoms with Gasteiger partial charge in [0.1, 0.15) is 0 Å². The van der Waals surface area contributed by atoms with Crippen molar-refractivity contribution < 1.29 is 4.79 Å². The number of allylic oxidation sites excluding steroid dienone is 4. The van der Waals surface area contributed by atoms with Gasteiger partial charge >= 0.3 is 0 Å². The van der Waals surface area contributed by atoms with E-state index in [2.05, 4.69) is 32.1 Å². The molecule has 0 unspecified atom stereocenters. The molecule has 2 nitrogen and oxygen atoms in total. The molecule has 6 atom stereocenters. The van der Waals surface area contributed by atoms with E-state index < -0.39 is 0 Å². The maximum atomic E-state index is 11.7. The Balaban J connectivity index is 1.73. The number of hydrogen-bond acceptors (Lipinski definition) is 2. The molecule has 0 radical (unpaired) electrons. The molecule has 0 heterocycles. The first-order valence-electron chi connectivity index (χ1n) is 9.38. The van der Waals surface area contributed by atoms with Crippen LogP contribution < -0.4 is 0 Å². The standard InChI is InChI=1S/C21H27NO/c1-3-21-11-8-17-16-7-5-15(23)12-14(16)4-6-18(17)19(21)9-10-20(21,2)13-22/h4,6,12,16-19H,3,5,7-11H2,1-2H3/t16-,17+,18+,19-,20+,21-/m0/s1. The Morgan fingerprint density at radius 1 is 1.30 bits per heavy atom. The molecular formula is C21H27NO. The van der Waals surface area contributed by atoms with Crippen LogP contribution in [0.3, 0.4) is 0 Å². The summed E-state index contributed by atoms with van der Waals surface area (Å²) < 4.78 is 0. The zero-order chi connectivity index (χ0) is 16.2. The van der Waals surface area contributed by atoms with Crippen molar-refractivity contribution in [2.24, 2.45) is 34.5 Å². The first-order valence-corrected chi connectivity index (χ1v) is 9.38. The number of rotatable bonds is 1. The molecule has 0 bridgehead atoms. The van der Waals surface area contributed by atoms with Gasteiger partial charge < -0.3 is 0 Å². The van der Waals surface area contributed by atoms with Gasteiger partial charge in [-0.25, -0.2) is 0 Å². The van der Waals surface area contributed by atoms with Gasteiger partial charge in [-0.2, -0.15) is 5.26 Å². The average Bonchev–Trinajstić information content (AvgIpc) is 2.88. The molecule has 0 spiro atoms. The van der Waals surface area contributed by atoms with Crippen LogP contribution in [0.25, 0.3) is 0 Å². The lowest BCUT2D eigenvalue weighted by atomic mass is 9.49. The number of nitrogens with zero attached hydrogens (tertiary/aromatic N) is 1. The van der Waals surface area contributed by atoms with Crippen molar-refractivity contribution in [1.82, 2.24) is 0 Å². The van der Waals surface area contributed by atoms with Gasteiger partial charge in [0, 0.05) is 6.42 Å². The van der Waals surface area contributed by atoms with Gasteiger partial charge in [0.05, 0.1) is 11.5 Å². The summed E-state index contributed by atoms with van der Waals surface area (Å²) in [6, 6.07) is 2.71. The van der Waals surface area contributed by atoms with Crippen LogP contribution in [0.2, 0.25) is 0 Å². The van der Waals surface area contributed by atoms with Crippen LogP contribution >= 0.6 is 0 Å². The second-order valence-corrected chi connectivity index (χ2v) is 8.49. The van der Waals surface area contributed by atoms with E-state index in [1.165, 1.54) is 24.8 Å². The van der Waals surface area contributed by atoms with E-state index in [-0.39, 0.29) is 10.8 Å². The summed E-state index contributed by atoms with van der Waals surface area (Å²) in [5.41, 5.74) is 1.34. The van der Waals surface area contributed by atoms with E-state index >= 15 is 0 Å². The summed E-state index contributed by atoms with van der Waals surface area (Å²) in [6.07, 6.45) is 14.1. The fourth-order valence-electron chi connectivity index (χ4n) is 6.74. The van der Waals surface area contributed by atoms with Crippen molar-refractivity contribution in [2.45, 2.75) is 58.8 Å². The number of hydrogen-bond donors (Lipinski definition) is 0. The number of carbonyl (C=O) groups is 1. The molecule has 0 aliphatic heterocycles. The molecule has 0 aromatic carbocycles. The SMILES string of the molecule is CC[C@]12CC[C@H]3[C@@H](C=CC4=CC(=O)CC[C@@H]43)[C@@H]1CC[C@]2(C)C#N. The highest BCUT2D eigenvalue weighted by atomic mass is 16.1. The first-order chi connectivity index (χ1) is 11.0. The predicted molar refractivity (Wildman–Crippen MR) is 90.3 cm³/mol. The lowest BCUT2D eigenvalue weighted by Crippen LogP contribution is -2.48. The Morgan fingerprint density at radius 2 is 2.13 bits per heavy atom. The molecule has 2 saturated carbocycles. The summed E-state index contributed by atoms with van der Waals surface area (Å²) in [7, 11) is 0. The summed E-state index contributed by atoms with van der Waals surface area (Å²) in [4.78, 5) is 11.7. The largest absolute Gasteiger partial charge is 0.295 e. The summed E-state index contributed by atoms with van der Waals surface area (Å²) in [5, 5.41) is 9.86. The van der Waals surface area contributed by atoms with Gasteiger partial charge in [0.15, 0.2) is 5.78 Å². The quantitative estimate of drug-likeness (QED) is 0.696. The summed E-state index contributed by atoms with van der Waals surface area (Å²) >= 11 is 0. The Morgan fingerprint density at radius 3 is 2.87 bits per heavy atom. The third kappa shape index (κ3) is 1.89. The molecule has 0 saturated heterocycles. The Hall–Kier alpha value is -1.36. The van der Waals surface area contributed by atoms with Crippen LogP contribution in [0.15, 0.2) is 23.8 Å². The number of ketones is 1. The molecule has 4 aliphatic carbocycles. The predicted octanol–water partition coefficient (Wildman–Crippen LogP) is 4.82. The number of nitriles is 1. The topological polar surface area (TPSA) is 40.9 Å². The molecule has 2 fully saturated rings.